The molecule has 0 atom stereocenters. The minimum absolute atomic E-state index is 0. The number of benzene rings is 1. The molecular weight excluding hydrogens is 319 g/mol. The molecule has 1 aromatic rings. The Morgan fingerprint density at radius 1 is 1.06 bits per heavy atom. The van der Waals surface area contributed by atoms with E-state index in [2.05, 4.69) is 59.0 Å². The zero-order chi connectivity index (χ0) is 12.6. The molecule has 103 valence electrons. The normalized spacial score (nSPS) is 11.2. The van der Waals surface area contributed by atoms with Crippen molar-refractivity contribution in [2.45, 2.75) is 45.8 Å². The summed E-state index contributed by atoms with van der Waals surface area (Å²) in [7, 11) is -1.44. The summed E-state index contributed by atoms with van der Waals surface area (Å²) in [6.45, 7) is 14.0. The Bertz CT molecular complexity index is 389. The van der Waals surface area contributed by atoms with Gasteiger partial charge in [0.1, 0.15) is 0 Å². The zero-order valence-corrected chi connectivity index (χ0v) is 16.2. The number of aryl methyl sites for hydroxylation is 1. The van der Waals surface area contributed by atoms with Crippen LogP contribution >= 0.6 is 24.8 Å². The molecular formula is C13H23Cl2OSiTi. The van der Waals surface area contributed by atoms with E-state index in [1.807, 2.05) is 0 Å². The maximum atomic E-state index is 5.37. The van der Waals surface area contributed by atoms with Gasteiger partial charge < -0.3 is 0 Å². The first-order valence-electron chi connectivity index (χ1n) is 5.64. The average molecular weight is 342 g/mol. The first kappa shape index (κ1) is 20.8. The molecule has 0 unspecified atom stereocenters. The van der Waals surface area contributed by atoms with Crippen molar-refractivity contribution in [1.29, 1.82) is 0 Å². The predicted octanol–water partition coefficient (Wildman–Crippen LogP) is 4.39. The summed E-state index contributed by atoms with van der Waals surface area (Å²) in [6.07, 6.45) is 0. The third-order valence-electron chi connectivity index (χ3n) is 3.77. The molecule has 0 aliphatic heterocycles. The van der Waals surface area contributed by atoms with E-state index in [0.29, 0.717) is 5.04 Å². The molecule has 0 saturated carbocycles. The maximum absolute atomic E-state index is 5.37. The molecule has 0 heterocycles. The molecule has 1 nitrogen and oxygen atoms in total. The quantitative estimate of drug-likeness (QED) is 0.724. The Labute approximate surface area is 137 Å². The summed E-state index contributed by atoms with van der Waals surface area (Å²) in [5, 5.41) is 1.85. The molecule has 0 aliphatic carbocycles. The Morgan fingerprint density at radius 2 is 1.56 bits per heavy atom. The van der Waals surface area contributed by atoms with Crippen molar-refractivity contribution < 1.29 is 24.1 Å². The van der Waals surface area contributed by atoms with Crippen molar-refractivity contribution >= 4 is 38.1 Å². The zero-order valence-electron chi connectivity index (χ0n) is 12.0. The van der Waals surface area contributed by atoms with Gasteiger partial charge in [-0.05, 0) is 0 Å². The van der Waals surface area contributed by atoms with Gasteiger partial charge in [-0.2, -0.15) is 0 Å². The summed E-state index contributed by atoms with van der Waals surface area (Å²) in [5.74, 6) is 0.986. The van der Waals surface area contributed by atoms with E-state index in [1.54, 1.807) is 20.8 Å². The Balaban J connectivity index is 0. The molecule has 0 aromatic heterocycles. The van der Waals surface area contributed by atoms with Crippen molar-refractivity contribution in [3.63, 3.8) is 0 Å². The van der Waals surface area contributed by atoms with Gasteiger partial charge in [0.2, 0.25) is 0 Å². The second-order valence-corrected chi connectivity index (χ2v) is 11.7. The van der Waals surface area contributed by atoms with Crippen molar-refractivity contribution in [3.8, 4) is 5.75 Å². The number of hydrogen-bond acceptors (Lipinski definition) is 1. The molecule has 0 saturated heterocycles. The fourth-order valence-electron chi connectivity index (χ4n) is 1.60. The van der Waals surface area contributed by atoms with E-state index in [-0.39, 0.29) is 24.8 Å². The van der Waals surface area contributed by atoms with Crippen LogP contribution < -0.4 is 8.51 Å². The largest absolute Gasteiger partial charge is 0.147 e. The summed E-state index contributed by atoms with van der Waals surface area (Å²) >= 11 is 1.74. The van der Waals surface area contributed by atoms with Crippen LogP contribution in [0, 0.1) is 6.92 Å². The molecule has 0 N–H and O–H groups in total. The first-order valence-corrected chi connectivity index (χ1v) is 9.28. The maximum Gasteiger partial charge on any atom is -0.147 e. The molecule has 0 bridgehead atoms. The fraction of sp³-hybridized carbons (Fsp3) is 0.538. The third-order valence-corrected chi connectivity index (χ3v) is 9.62. The van der Waals surface area contributed by atoms with Crippen LogP contribution in [0.5, 0.6) is 5.75 Å². The predicted molar refractivity (Wildman–Crippen MR) is 83.1 cm³/mol. The van der Waals surface area contributed by atoms with Crippen molar-refractivity contribution in [2.24, 2.45) is 0 Å². The molecule has 0 spiro atoms. The fourth-order valence-corrected chi connectivity index (χ4v) is 3.74. The van der Waals surface area contributed by atoms with Crippen LogP contribution in [0.1, 0.15) is 26.3 Å². The van der Waals surface area contributed by atoms with E-state index in [4.69, 9.17) is 3.32 Å². The van der Waals surface area contributed by atoms with Gasteiger partial charge in [0, 0.05) is 0 Å². The summed E-state index contributed by atoms with van der Waals surface area (Å²) in [5.41, 5.74) is 1.29. The molecule has 18 heavy (non-hydrogen) atoms. The van der Waals surface area contributed by atoms with Gasteiger partial charge in [-0.25, -0.2) is 0 Å². The van der Waals surface area contributed by atoms with Crippen LogP contribution in [0.15, 0.2) is 18.2 Å². The van der Waals surface area contributed by atoms with Crippen LogP contribution in [0.25, 0.3) is 0 Å². The molecule has 1 rings (SSSR count). The monoisotopic (exact) mass is 341 g/mol. The van der Waals surface area contributed by atoms with Gasteiger partial charge in [0.15, 0.2) is 0 Å². The van der Waals surface area contributed by atoms with Gasteiger partial charge in [-0.1, -0.05) is 0 Å². The Morgan fingerprint density at radius 3 is 1.94 bits per heavy atom. The van der Waals surface area contributed by atoms with Crippen molar-refractivity contribution in [2.75, 3.05) is 0 Å². The van der Waals surface area contributed by atoms with E-state index < -0.39 is 8.07 Å². The van der Waals surface area contributed by atoms with Crippen molar-refractivity contribution in [1.82, 2.24) is 0 Å². The molecule has 5 heteroatoms. The van der Waals surface area contributed by atoms with Gasteiger partial charge in [0.25, 0.3) is 0 Å². The summed E-state index contributed by atoms with van der Waals surface area (Å²) < 4.78 is 5.37. The molecule has 0 aliphatic rings. The van der Waals surface area contributed by atoms with Crippen molar-refractivity contribution in [3.05, 3.63) is 23.8 Å². The minimum Gasteiger partial charge on any atom is -0.147 e. The van der Waals surface area contributed by atoms with Gasteiger partial charge in [-0.15, -0.1) is 24.8 Å². The standard InChI is InChI=1S/C13H22OSi.2ClH.Ti/c1-10-7-11(14)9-12(8-10)15(5,6)13(2,3)4;;;/h7-9,14H,1-6H3;2*1H;/q;;;+1/p-1. The van der Waals surface area contributed by atoms with E-state index >= 15 is 0 Å². The van der Waals surface area contributed by atoms with Crippen LogP contribution in [0.3, 0.4) is 0 Å². The Kier molecular flexibility index (Phi) is 8.51. The second kappa shape index (κ2) is 7.35. The number of halogens is 2. The first-order chi connectivity index (χ1) is 7.18. The summed E-state index contributed by atoms with van der Waals surface area (Å²) in [6, 6.07) is 6.63. The topological polar surface area (TPSA) is 9.23 Å². The van der Waals surface area contributed by atoms with Crippen LogP contribution in [-0.2, 0) is 20.8 Å². The van der Waals surface area contributed by atoms with Gasteiger partial charge >= 0.3 is 113 Å². The smallest absolute Gasteiger partial charge is 0.147 e. The van der Waals surface area contributed by atoms with Crippen LogP contribution in [0.2, 0.25) is 18.1 Å². The molecule has 0 fully saturated rings. The van der Waals surface area contributed by atoms with Crippen LogP contribution in [-0.4, -0.2) is 8.07 Å². The SMILES string of the molecule is Cc1cc([O][Ti])cc([Si](C)(C)C(C)(C)C)c1.Cl.Cl. The third kappa shape index (κ3) is 4.57. The minimum atomic E-state index is -1.44. The van der Waals surface area contributed by atoms with E-state index in [9.17, 15) is 0 Å². The molecule has 1 aromatic carbocycles. The van der Waals surface area contributed by atoms with Gasteiger partial charge in [0.05, 0.1) is 0 Å². The average Bonchev–Trinajstić information content (AvgIpc) is 2.15. The molecule has 0 amide bonds. The van der Waals surface area contributed by atoms with E-state index in [1.165, 1.54) is 10.8 Å². The Hall–Kier alpha value is 0.531. The van der Waals surface area contributed by atoms with E-state index in [0.717, 1.165) is 5.75 Å². The second-order valence-electron chi connectivity index (χ2n) is 6.01. The number of hydrogen-bond donors (Lipinski definition) is 0. The van der Waals surface area contributed by atoms with Crippen LogP contribution in [0.4, 0.5) is 0 Å². The molecule has 0 radical (unpaired) electrons. The number of rotatable bonds is 2. The van der Waals surface area contributed by atoms with Gasteiger partial charge in [-0.3, -0.25) is 0 Å². The summed E-state index contributed by atoms with van der Waals surface area (Å²) in [4.78, 5) is 0.